The fourth-order valence-electron chi connectivity index (χ4n) is 1.80. The number of hydrogen-bond acceptors (Lipinski definition) is 4. The molecule has 104 valence electrons. The van der Waals surface area contributed by atoms with Crippen LogP contribution >= 0.6 is 0 Å². The van der Waals surface area contributed by atoms with Gasteiger partial charge in [-0.2, -0.15) is 0 Å². The van der Waals surface area contributed by atoms with E-state index in [9.17, 15) is 0 Å². The molecule has 0 spiro atoms. The van der Waals surface area contributed by atoms with Crippen LogP contribution in [0.2, 0.25) is 0 Å². The highest BCUT2D eigenvalue weighted by Crippen LogP contribution is 2.02. The monoisotopic (exact) mass is 277 g/mol. The third kappa shape index (κ3) is 8.38. The summed E-state index contributed by atoms with van der Waals surface area (Å²) >= 11 is 0. The Balaban J connectivity index is 0.000000494. The molecule has 6 heteroatoms. The van der Waals surface area contributed by atoms with Crippen LogP contribution in [0.1, 0.15) is 36.7 Å². The number of unbranched alkanes of at least 4 members (excludes halogenated alkanes) is 1. The van der Waals surface area contributed by atoms with Crippen molar-refractivity contribution in [1.82, 2.24) is 0 Å². The second-order valence-corrected chi connectivity index (χ2v) is 4.95. The average molecular weight is 278 g/mol. The third-order valence-corrected chi connectivity index (χ3v) is 2.46. The SMILES string of the molecule is CCCC[n+]1c(C)cc(C)cc1C.[O-][Cl+3]([O-])([O-])[O-]. The molecular formula is C12H20ClNO4. The molecule has 0 bridgehead atoms. The number of hydrogen-bond donors (Lipinski definition) is 0. The van der Waals surface area contributed by atoms with Gasteiger partial charge >= 0.3 is 0 Å². The second-order valence-electron chi connectivity index (χ2n) is 4.20. The number of halogens is 1. The Hall–Kier alpha value is -0.720. The Morgan fingerprint density at radius 1 is 1.00 bits per heavy atom. The molecule has 0 unspecified atom stereocenters. The Kier molecular flexibility index (Phi) is 7.35. The van der Waals surface area contributed by atoms with Gasteiger partial charge in [0.15, 0.2) is 11.4 Å². The number of nitrogens with zero attached hydrogens (tertiary/aromatic N) is 1. The normalized spacial score (nSPS) is 10.9. The van der Waals surface area contributed by atoms with Gasteiger partial charge in [-0.15, -0.1) is 10.2 Å². The predicted octanol–water partition coefficient (Wildman–Crippen LogP) is -2.06. The quantitative estimate of drug-likeness (QED) is 0.594. The van der Waals surface area contributed by atoms with Gasteiger partial charge in [-0.1, -0.05) is 13.3 Å². The lowest BCUT2D eigenvalue weighted by atomic mass is 10.2. The molecule has 0 saturated heterocycles. The molecule has 0 aliphatic heterocycles. The minimum absolute atomic E-state index is 1.16. The van der Waals surface area contributed by atoms with Gasteiger partial charge < -0.3 is 0 Å². The Morgan fingerprint density at radius 3 is 1.72 bits per heavy atom. The molecule has 1 rings (SSSR count). The first kappa shape index (κ1) is 17.3. The number of rotatable bonds is 3. The largest absolute Gasteiger partial charge is 0.222 e. The molecule has 0 radical (unpaired) electrons. The van der Waals surface area contributed by atoms with E-state index in [-0.39, 0.29) is 0 Å². The maximum absolute atomic E-state index is 8.49. The van der Waals surface area contributed by atoms with Crippen molar-refractivity contribution < 1.29 is 33.4 Å². The fourth-order valence-corrected chi connectivity index (χ4v) is 1.80. The van der Waals surface area contributed by atoms with Crippen LogP contribution in [0.4, 0.5) is 0 Å². The van der Waals surface area contributed by atoms with Gasteiger partial charge in [-0.05, 0) is 12.5 Å². The minimum Gasteiger partial charge on any atom is -0.222 e. The smallest absolute Gasteiger partial charge is 0.178 e. The van der Waals surface area contributed by atoms with Crippen molar-refractivity contribution in [3.63, 3.8) is 0 Å². The van der Waals surface area contributed by atoms with Crippen molar-refractivity contribution in [2.24, 2.45) is 0 Å². The molecule has 5 nitrogen and oxygen atoms in total. The van der Waals surface area contributed by atoms with Crippen molar-refractivity contribution >= 4 is 0 Å². The summed E-state index contributed by atoms with van der Waals surface area (Å²) < 4.78 is 36.4. The van der Waals surface area contributed by atoms with E-state index >= 15 is 0 Å². The highest BCUT2D eigenvalue weighted by molar-refractivity contribution is 5.13. The Morgan fingerprint density at radius 2 is 1.39 bits per heavy atom. The first-order valence-electron chi connectivity index (χ1n) is 5.74. The zero-order valence-corrected chi connectivity index (χ0v) is 12.0. The molecule has 0 aliphatic rings. The Labute approximate surface area is 110 Å². The number of aryl methyl sites for hydroxylation is 3. The maximum atomic E-state index is 8.49. The lowest BCUT2D eigenvalue weighted by Gasteiger charge is -2.17. The van der Waals surface area contributed by atoms with E-state index < -0.39 is 10.2 Å². The standard InChI is InChI=1S/C12H20N.ClHO4/c1-5-6-7-13-11(3)8-10(2)9-12(13)4;2-1(3,4)5/h8-9H,5-7H2,1-4H3;(H,2,3,4,5)/q+1;/p-1. The van der Waals surface area contributed by atoms with Crippen molar-refractivity contribution in [3.05, 3.63) is 29.1 Å². The summed E-state index contributed by atoms with van der Waals surface area (Å²) in [6, 6.07) is 4.51. The zero-order valence-electron chi connectivity index (χ0n) is 11.2. The van der Waals surface area contributed by atoms with E-state index in [1.807, 2.05) is 0 Å². The van der Waals surface area contributed by atoms with Crippen LogP contribution in [0.3, 0.4) is 0 Å². The van der Waals surface area contributed by atoms with Crippen molar-refractivity contribution in [3.8, 4) is 0 Å². The average Bonchev–Trinajstić information content (AvgIpc) is 2.13. The summed E-state index contributed by atoms with van der Waals surface area (Å²) in [4.78, 5) is 0. The molecule has 0 aromatic carbocycles. The molecule has 1 aromatic heterocycles. The van der Waals surface area contributed by atoms with E-state index in [0.717, 1.165) is 6.54 Å². The molecule has 0 N–H and O–H groups in total. The number of pyridine rings is 1. The summed E-state index contributed by atoms with van der Waals surface area (Å²) in [5, 5.41) is 0. The lowest BCUT2D eigenvalue weighted by molar-refractivity contribution is -2.00. The van der Waals surface area contributed by atoms with Gasteiger partial charge in [-0.25, -0.2) is 23.2 Å². The summed E-state index contributed by atoms with van der Waals surface area (Å²) in [7, 11) is -4.94. The number of aromatic nitrogens is 1. The van der Waals surface area contributed by atoms with E-state index in [2.05, 4.69) is 44.4 Å². The van der Waals surface area contributed by atoms with Crippen molar-refractivity contribution in [1.29, 1.82) is 0 Å². The van der Waals surface area contributed by atoms with Crippen LogP contribution in [0.25, 0.3) is 0 Å². The van der Waals surface area contributed by atoms with Gasteiger partial charge in [0.25, 0.3) is 0 Å². The van der Waals surface area contributed by atoms with Crippen molar-refractivity contribution in [2.75, 3.05) is 0 Å². The summed E-state index contributed by atoms with van der Waals surface area (Å²) in [5.41, 5.74) is 4.12. The minimum atomic E-state index is -4.94. The highest BCUT2D eigenvalue weighted by Gasteiger charge is 2.09. The topological polar surface area (TPSA) is 96.1 Å². The maximum Gasteiger partial charge on any atom is 0.178 e. The first-order valence-corrected chi connectivity index (χ1v) is 6.98. The van der Waals surface area contributed by atoms with E-state index in [1.165, 1.54) is 29.8 Å². The predicted molar refractivity (Wildman–Crippen MR) is 55.8 cm³/mol. The molecule has 0 saturated carbocycles. The Bertz CT molecular complexity index is 348. The third-order valence-electron chi connectivity index (χ3n) is 2.46. The van der Waals surface area contributed by atoms with Gasteiger partial charge in [-0.3, -0.25) is 0 Å². The lowest BCUT2D eigenvalue weighted by Crippen LogP contribution is -2.68. The van der Waals surface area contributed by atoms with Gasteiger partial charge in [0, 0.05) is 32.4 Å². The molecule has 18 heavy (non-hydrogen) atoms. The fraction of sp³-hybridized carbons (Fsp3) is 0.583. The molecule has 1 aromatic rings. The molecule has 0 fully saturated rings. The molecular weight excluding hydrogens is 258 g/mol. The van der Waals surface area contributed by atoms with E-state index in [1.54, 1.807) is 0 Å². The van der Waals surface area contributed by atoms with Crippen LogP contribution in [0.5, 0.6) is 0 Å². The summed E-state index contributed by atoms with van der Waals surface area (Å²) in [6.45, 7) is 9.93. The van der Waals surface area contributed by atoms with Crippen LogP contribution in [0, 0.1) is 31.0 Å². The van der Waals surface area contributed by atoms with Gasteiger partial charge in [0.2, 0.25) is 0 Å². The van der Waals surface area contributed by atoms with Crippen LogP contribution in [-0.2, 0) is 6.54 Å². The first-order chi connectivity index (χ1) is 8.15. The summed E-state index contributed by atoms with van der Waals surface area (Å²) in [5.74, 6) is 0. The van der Waals surface area contributed by atoms with E-state index in [4.69, 9.17) is 18.6 Å². The molecule has 1 heterocycles. The highest BCUT2D eigenvalue weighted by atomic mass is 35.7. The van der Waals surface area contributed by atoms with E-state index in [0.29, 0.717) is 0 Å². The molecule has 0 atom stereocenters. The molecule has 0 aliphatic carbocycles. The molecule has 0 amide bonds. The van der Waals surface area contributed by atoms with Gasteiger partial charge in [0.1, 0.15) is 6.54 Å². The van der Waals surface area contributed by atoms with Crippen molar-refractivity contribution in [2.45, 2.75) is 47.1 Å². The zero-order chi connectivity index (χ0) is 14.3. The summed E-state index contributed by atoms with van der Waals surface area (Å²) in [6.07, 6.45) is 2.54. The van der Waals surface area contributed by atoms with Gasteiger partial charge in [0.05, 0.1) is 0 Å². The van der Waals surface area contributed by atoms with Crippen LogP contribution in [-0.4, -0.2) is 0 Å². The van der Waals surface area contributed by atoms with Crippen LogP contribution < -0.4 is 23.2 Å². The van der Waals surface area contributed by atoms with Crippen LogP contribution in [0.15, 0.2) is 12.1 Å². The second kappa shape index (κ2) is 7.66.